The number of nitrogens with one attached hydrogen (secondary N) is 1. The summed E-state index contributed by atoms with van der Waals surface area (Å²) in [4.78, 5) is 0. The van der Waals surface area contributed by atoms with Crippen LogP contribution in [0.5, 0.6) is 0 Å². The van der Waals surface area contributed by atoms with Gasteiger partial charge >= 0.3 is 0 Å². The molecule has 0 fully saturated rings. The minimum atomic E-state index is -1.42. The predicted octanol–water partition coefficient (Wildman–Crippen LogP) is 4.11. The Hall–Kier alpha value is -1.29. The van der Waals surface area contributed by atoms with Gasteiger partial charge in [-0.25, -0.2) is 13.2 Å². The first-order chi connectivity index (χ1) is 8.60. The molecule has 1 rings (SSSR count). The second kappa shape index (κ2) is 7.21. The number of hydrogen-bond donors (Lipinski definition) is 1. The van der Waals surface area contributed by atoms with Crippen molar-refractivity contribution in [3.63, 3.8) is 0 Å². The van der Waals surface area contributed by atoms with Gasteiger partial charge in [-0.2, -0.15) is 0 Å². The Morgan fingerprint density at radius 1 is 1.28 bits per heavy atom. The SMILES string of the molecule is C=CCCCC(NCC)c1cc(F)c(F)c(F)c1. The van der Waals surface area contributed by atoms with E-state index in [-0.39, 0.29) is 6.04 Å². The highest BCUT2D eigenvalue weighted by Crippen LogP contribution is 2.23. The summed E-state index contributed by atoms with van der Waals surface area (Å²) in [7, 11) is 0. The third-order valence-electron chi connectivity index (χ3n) is 2.76. The van der Waals surface area contributed by atoms with Crippen LogP contribution >= 0.6 is 0 Å². The summed E-state index contributed by atoms with van der Waals surface area (Å²) in [6, 6.07) is 1.94. The van der Waals surface area contributed by atoms with Crippen LogP contribution in [-0.4, -0.2) is 6.54 Å². The van der Waals surface area contributed by atoms with E-state index in [4.69, 9.17) is 0 Å². The fourth-order valence-electron chi connectivity index (χ4n) is 1.88. The minimum absolute atomic E-state index is 0.167. The molecular formula is C14H18F3N. The van der Waals surface area contributed by atoms with Crippen molar-refractivity contribution >= 4 is 0 Å². The quantitative estimate of drug-likeness (QED) is 0.440. The van der Waals surface area contributed by atoms with E-state index in [0.29, 0.717) is 12.1 Å². The lowest BCUT2D eigenvalue weighted by molar-refractivity contribution is 0.435. The number of rotatable bonds is 7. The fraction of sp³-hybridized carbons (Fsp3) is 0.429. The van der Waals surface area contributed by atoms with Crippen molar-refractivity contribution in [2.75, 3.05) is 6.54 Å². The van der Waals surface area contributed by atoms with Crippen LogP contribution in [0.2, 0.25) is 0 Å². The molecule has 0 aliphatic carbocycles. The largest absolute Gasteiger partial charge is 0.310 e. The van der Waals surface area contributed by atoms with Crippen molar-refractivity contribution in [2.24, 2.45) is 0 Å². The van der Waals surface area contributed by atoms with Crippen molar-refractivity contribution in [3.05, 3.63) is 47.8 Å². The smallest absolute Gasteiger partial charge is 0.194 e. The number of allylic oxidation sites excluding steroid dienone is 1. The Morgan fingerprint density at radius 3 is 2.39 bits per heavy atom. The van der Waals surface area contributed by atoms with Crippen molar-refractivity contribution in [3.8, 4) is 0 Å². The lowest BCUT2D eigenvalue weighted by Gasteiger charge is -2.18. The second-order valence-electron chi connectivity index (χ2n) is 4.13. The second-order valence-corrected chi connectivity index (χ2v) is 4.13. The Morgan fingerprint density at radius 2 is 1.89 bits per heavy atom. The molecule has 0 bridgehead atoms. The van der Waals surface area contributed by atoms with Crippen LogP contribution in [0, 0.1) is 17.5 Å². The molecule has 1 atom stereocenters. The molecule has 1 aromatic rings. The molecule has 0 spiro atoms. The number of hydrogen-bond acceptors (Lipinski definition) is 1. The van der Waals surface area contributed by atoms with Gasteiger partial charge < -0.3 is 5.32 Å². The molecule has 100 valence electrons. The van der Waals surface area contributed by atoms with Crippen LogP contribution in [0.4, 0.5) is 13.2 Å². The average molecular weight is 257 g/mol. The topological polar surface area (TPSA) is 12.0 Å². The average Bonchev–Trinajstić information content (AvgIpc) is 2.34. The lowest BCUT2D eigenvalue weighted by atomic mass is 10.0. The molecule has 0 aliphatic heterocycles. The molecule has 0 heterocycles. The standard InChI is InChI=1S/C14H18F3N/c1-3-5-6-7-13(18-4-2)10-8-11(15)14(17)12(16)9-10/h3,8-9,13,18H,1,4-7H2,2H3. The first-order valence-electron chi connectivity index (χ1n) is 6.08. The van der Waals surface area contributed by atoms with Crippen LogP contribution in [0.25, 0.3) is 0 Å². The summed E-state index contributed by atoms with van der Waals surface area (Å²) >= 11 is 0. The van der Waals surface area contributed by atoms with Crippen LogP contribution in [-0.2, 0) is 0 Å². The van der Waals surface area contributed by atoms with Crippen molar-refractivity contribution < 1.29 is 13.2 Å². The van der Waals surface area contributed by atoms with E-state index in [2.05, 4.69) is 11.9 Å². The van der Waals surface area contributed by atoms with E-state index in [1.54, 1.807) is 6.08 Å². The minimum Gasteiger partial charge on any atom is -0.310 e. The molecule has 0 amide bonds. The zero-order valence-corrected chi connectivity index (χ0v) is 10.5. The molecule has 4 heteroatoms. The Kier molecular flexibility index (Phi) is 5.92. The number of unbranched alkanes of at least 4 members (excludes halogenated alkanes) is 1. The summed E-state index contributed by atoms with van der Waals surface area (Å²) in [6.45, 7) is 6.22. The van der Waals surface area contributed by atoms with Gasteiger partial charge in [-0.1, -0.05) is 13.0 Å². The first kappa shape index (κ1) is 14.8. The van der Waals surface area contributed by atoms with Gasteiger partial charge in [0.2, 0.25) is 0 Å². The maximum atomic E-state index is 13.2. The zero-order chi connectivity index (χ0) is 13.5. The summed E-state index contributed by atoms with van der Waals surface area (Å²) < 4.78 is 39.2. The summed E-state index contributed by atoms with van der Waals surface area (Å²) in [5.41, 5.74) is 0.442. The molecule has 0 saturated heterocycles. The van der Waals surface area contributed by atoms with Crippen LogP contribution < -0.4 is 5.32 Å². The van der Waals surface area contributed by atoms with Crippen molar-refractivity contribution in [2.45, 2.75) is 32.2 Å². The van der Waals surface area contributed by atoms with Gasteiger partial charge in [0.1, 0.15) is 0 Å². The summed E-state index contributed by atoms with van der Waals surface area (Å²) in [5, 5.41) is 3.14. The summed E-state index contributed by atoms with van der Waals surface area (Å²) in [5.74, 6) is -3.70. The molecule has 1 aromatic carbocycles. The highest BCUT2D eigenvalue weighted by molar-refractivity contribution is 5.22. The predicted molar refractivity (Wildman–Crippen MR) is 66.8 cm³/mol. The van der Waals surface area contributed by atoms with Gasteiger partial charge in [-0.15, -0.1) is 6.58 Å². The summed E-state index contributed by atoms with van der Waals surface area (Å²) in [6.07, 6.45) is 4.23. The monoisotopic (exact) mass is 257 g/mol. The van der Waals surface area contributed by atoms with Crippen LogP contribution in [0.3, 0.4) is 0 Å². The van der Waals surface area contributed by atoms with E-state index in [1.807, 2.05) is 6.92 Å². The molecule has 0 radical (unpaired) electrons. The molecule has 1 N–H and O–H groups in total. The maximum Gasteiger partial charge on any atom is 0.194 e. The molecular weight excluding hydrogens is 239 g/mol. The Balaban J connectivity index is 2.87. The fourth-order valence-corrected chi connectivity index (χ4v) is 1.88. The zero-order valence-electron chi connectivity index (χ0n) is 10.5. The van der Waals surface area contributed by atoms with E-state index >= 15 is 0 Å². The third-order valence-corrected chi connectivity index (χ3v) is 2.76. The van der Waals surface area contributed by atoms with E-state index in [1.165, 1.54) is 0 Å². The number of halogens is 3. The van der Waals surface area contributed by atoms with Crippen LogP contribution in [0.1, 0.15) is 37.8 Å². The van der Waals surface area contributed by atoms with E-state index in [9.17, 15) is 13.2 Å². The van der Waals surface area contributed by atoms with Crippen molar-refractivity contribution in [1.29, 1.82) is 0 Å². The lowest BCUT2D eigenvalue weighted by Crippen LogP contribution is -2.21. The molecule has 18 heavy (non-hydrogen) atoms. The van der Waals surface area contributed by atoms with E-state index < -0.39 is 17.5 Å². The first-order valence-corrected chi connectivity index (χ1v) is 6.08. The number of benzene rings is 1. The Bertz CT molecular complexity index is 381. The van der Waals surface area contributed by atoms with Gasteiger partial charge in [0.15, 0.2) is 17.5 Å². The van der Waals surface area contributed by atoms with Gasteiger partial charge in [0.05, 0.1) is 0 Å². The maximum absolute atomic E-state index is 13.2. The Labute approximate surface area is 106 Å². The van der Waals surface area contributed by atoms with Gasteiger partial charge in [0.25, 0.3) is 0 Å². The van der Waals surface area contributed by atoms with Gasteiger partial charge in [-0.3, -0.25) is 0 Å². The highest BCUT2D eigenvalue weighted by atomic mass is 19.2. The molecule has 0 saturated carbocycles. The normalized spacial score (nSPS) is 12.4. The highest BCUT2D eigenvalue weighted by Gasteiger charge is 2.16. The van der Waals surface area contributed by atoms with Crippen molar-refractivity contribution in [1.82, 2.24) is 5.32 Å². The molecule has 1 unspecified atom stereocenters. The molecule has 1 nitrogen and oxygen atoms in total. The van der Waals surface area contributed by atoms with E-state index in [0.717, 1.165) is 31.4 Å². The third kappa shape index (κ3) is 3.88. The van der Waals surface area contributed by atoms with Gasteiger partial charge in [-0.05, 0) is 43.5 Å². The molecule has 0 aromatic heterocycles. The van der Waals surface area contributed by atoms with Crippen LogP contribution in [0.15, 0.2) is 24.8 Å². The molecule has 0 aliphatic rings. The van der Waals surface area contributed by atoms with Gasteiger partial charge in [0, 0.05) is 6.04 Å².